The van der Waals surface area contributed by atoms with Gasteiger partial charge in [-0.15, -0.1) is 11.6 Å². The maximum absolute atomic E-state index is 10.5. The molecule has 0 heterocycles. The summed E-state index contributed by atoms with van der Waals surface area (Å²) in [5.41, 5.74) is 1.02. The minimum atomic E-state index is -1.03. The number of rotatable bonds is 5. The Morgan fingerprint density at radius 1 is 1.44 bits per heavy atom. The van der Waals surface area contributed by atoms with E-state index in [1.54, 1.807) is 0 Å². The van der Waals surface area contributed by atoms with E-state index in [1.807, 2.05) is 30.3 Å². The minimum absolute atomic E-state index is 0.291. The lowest BCUT2D eigenvalue weighted by Gasteiger charge is -2.27. The summed E-state index contributed by atoms with van der Waals surface area (Å²) in [6, 6.07) is 9.65. The molecule has 0 spiro atoms. The summed E-state index contributed by atoms with van der Waals surface area (Å²) in [6.45, 7) is 0.291. The first-order valence-electron chi connectivity index (χ1n) is 4.86. The van der Waals surface area contributed by atoms with Gasteiger partial charge in [-0.3, -0.25) is 0 Å². The summed E-state index contributed by atoms with van der Waals surface area (Å²) in [6.07, 6.45) is -0.381. The van der Waals surface area contributed by atoms with Gasteiger partial charge in [0.2, 0.25) is 0 Å². The number of benzene rings is 1. The Hall–Kier alpha value is -0.740. The lowest BCUT2D eigenvalue weighted by Crippen LogP contribution is -2.36. The Balaban J connectivity index is 2.83. The van der Waals surface area contributed by atoms with E-state index in [0.29, 0.717) is 18.8 Å². The monoisotopic (exact) mass is 305 g/mol. The fourth-order valence-electron chi connectivity index (χ4n) is 1.44. The average molecular weight is 307 g/mol. The molecule has 88 valence electrons. The SMILES string of the molecule is O=C(O)NCC(Br)(CCCl)c1ccccc1. The van der Waals surface area contributed by atoms with Gasteiger partial charge in [-0.25, -0.2) is 4.79 Å². The van der Waals surface area contributed by atoms with Crippen molar-refractivity contribution in [2.75, 3.05) is 12.4 Å². The first kappa shape index (κ1) is 13.3. The highest BCUT2D eigenvalue weighted by Crippen LogP contribution is 2.34. The summed E-state index contributed by atoms with van der Waals surface area (Å²) in [4.78, 5) is 10.5. The third-order valence-corrected chi connectivity index (χ3v) is 3.63. The van der Waals surface area contributed by atoms with E-state index in [1.165, 1.54) is 0 Å². The van der Waals surface area contributed by atoms with Crippen LogP contribution in [0.3, 0.4) is 0 Å². The van der Waals surface area contributed by atoms with Crippen LogP contribution in [0, 0.1) is 0 Å². The lowest BCUT2D eigenvalue weighted by atomic mass is 9.96. The largest absolute Gasteiger partial charge is 0.465 e. The number of hydrogen-bond donors (Lipinski definition) is 2. The molecule has 0 aliphatic carbocycles. The fourth-order valence-corrected chi connectivity index (χ4v) is 2.59. The molecule has 1 amide bonds. The maximum Gasteiger partial charge on any atom is 0.404 e. The first-order chi connectivity index (χ1) is 7.58. The molecule has 2 N–H and O–H groups in total. The van der Waals surface area contributed by atoms with Crippen LogP contribution in [-0.4, -0.2) is 23.6 Å². The zero-order valence-electron chi connectivity index (χ0n) is 8.62. The molecule has 1 atom stereocenters. The number of hydrogen-bond acceptors (Lipinski definition) is 1. The molecule has 0 saturated carbocycles. The summed E-state index contributed by atoms with van der Waals surface area (Å²) < 4.78 is -0.436. The molecule has 0 aliphatic rings. The number of amides is 1. The van der Waals surface area contributed by atoms with Crippen molar-refractivity contribution in [1.82, 2.24) is 5.32 Å². The molecule has 0 saturated heterocycles. The highest BCUT2D eigenvalue weighted by atomic mass is 79.9. The average Bonchev–Trinajstić information content (AvgIpc) is 2.28. The van der Waals surface area contributed by atoms with Gasteiger partial charge in [-0.05, 0) is 12.0 Å². The number of carboxylic acid groups (broad SMARTS) is 1. The molecule has 5 heteroatoms. The molecular formula is C11H13BrClNO2. The quantitative estimate of drug-likeness (QED) is 0.821. The predicted octanol–water partition coefficient (Wildman–Crippen LogP) is 3.17. The summed E-state index contributed by atoms with van der Waals surface area (Å²) in [7, 11) is 0. The molecular weight excluding hydrogens is 293 g/mol. The van der Waals surface area contributed by atoms with Crippen LogP contribution < -0.4 is 5.32 Å². The van der Waals surface area contributed by atoms with Crippen molar-refractivity contribution < 1.29 is 9.90 Å². The molecule has 0 bridgehead atoms. The lowest BCUT2D eigenvalue weighted by molar-refractivity contribution is 0.193. The van der Waals surface area contributed by atoms with Gasteiger partial charge in [0.05, 0.1) is 4.32 Å². The second-order valence-electron chi connectivity index (χ2n) is 3.43. The van der Waals surface area contributed by atoms with Crippen molar-refractivity contribution in [2.45, 2.75) is 10.7 Å². The molecule has 1 aromatic rings. The Bertz CT molecular complexity index is 347. The highest BCUT2D eigenvalue weighted by Gasteiger charge is 2.28. The van der Waals surface area contributed by atoms with Gasteiger partial charge >= 0.3 is 6.09 Å². The standard InChI is InChI=1S/C11H13BrClNO2/c12-11(6-7-13,8-14-10(15)16)9-4-2-1-3-5-9/h1-5,14H,6-8H2,(H,15,16). The van der Waals surface area contributed by atoms with Crippen molar-refractivity contribution in [2.24, 2.45) is 0 Å². The molecule has 0 aromatic heterocycles. The van der Waals surface area contributed by atoms with Gasteiger partial charge in [0.15, 0.2) is 0 Å². The van der Waals surface area contributed by atoms with E-state index in [2.05, 4.69) is 21.2 Å². The summed E-state index contributed by atoms with van der Waals surface area (Å²) in [5.74, 6) is 0.460. The Morgan fingerprint density at radius 3 is 2.56 bits per heavy atom. The minimum Gasteiger partial charge on any atom is -0.465 e. The Morgan fingerprint density at radius 2 is 2.06 bits per heavy atom. The van der Waals surface area contributed by atoms with Crippen LogP contribution in [-0.2, 0) is 4.32 Å². The van der Waals surface area contributed by atoms with Crippen molar-refractivity contribution in [1.29, 1.82) is 0 Å². The van der Waals surface area contributed by atoms with Crippen LogP contribution in [0.1, 0.15) is 12.0 Å². The second kappa shape index (κ2) is 6.11. The number of alkyl halides is 2. The predicted molar refractivity (Wildman–Crippen MR) is 68.4 cm³/mol. The number of halogens is 2. The van der Waals surface area contributed by atoms with Crippen LogP contribution in [0.25, 0.3) is 0 Å². The molecule has 0 fully saturated rings. The van der Waals surface area contributed by atoms with Crippen LogP contribution in [0.4, 0.5) is 4.79 Å². The van der Waals surface area contributed by atoms with Crippen LogP contribution in [0.2, 0.25) is 0 Å². The first-order valence-corrected chi connectivity index (χ1v) is 6.18. The third kappa shape index (κ3) is 3.68. The molecule has 0 aliphatic heterocycles. The van der Waals surface area contributed by atoms with E-state index in [0.717, 1.165) is 5.56 Å². The van der Waals surface area contributed by atoms with Crippen LogP contribution in [0.15, 0.2) is 30.3 Å². The number of nitrogens with one attached hydrogen (secondary N) is 1. The van der Waals surface area contributed by atoms with Gasteiger partial charge in [0.1, 0.15) is 0 Å². The fraction of sp³-hybridized carbons (Fsp3) is 0.364. The zero-order valence-corrected chi connectivity index (χ0v) is 11.0. The van der Waals surface area contributed by atoms with Gasteiger partial charge in [0.25, 0.3) is 0 Å². The van der Waals surface area contributed by atoms with E-state index >= 15 is 0 Å². The molecule has 3 nitrogen and oxygen atoms in total. The maximum atomic E-state index is 10.5. The van der Waals surface area contributed by atoms with Crippen molar-refractivity contribution >= 4 is 33.6 Å². The normalized spacial score (nSPS) is 14.1. The van der Waals surface area contributed by atoms with Gasteiger partial charge < -0.3 is 10.4 Å². The molecule has 1 unspecified atom stereocenters. The highest BCUT2D eigenvalue weighted by molar-refractivity contribution is 9.09. The zero-order chi connectivity index (χ0) is 12.0. The Labute approximate surface area is 108 Å². The summed E-state index contributed by atoms with van der Waals surface area (Å²) >= 11 is 9.32. The summed E-state index contributed by atoms with van der Waals surface area (Å²) in [5, 5.41) is 11.0. The van der Waals surface area contributed by atoms with E-state index in [4.69, 9.17) is 16.7 Å². The third-order valence-electron chi connectivity index (χ3n) is 2.30. The van der Waals surface area contributed by atoms with Gasteiger partial charge in [0, 0.05) is 12.4 Å². The Kier molecular flexibility index (Phi) is 5.09. The molecule has 1 rings (SSSR count). The van der Waals surface area contributed by atoms with E-state index in [-0.39, 0.29) is 0 Å². The van der Waals surface area contributed by atoms with Gasteiger partial charge in [-0.1, -0.05) is 46.3 Å². The van der Waals surface area contributed by atoms with Gasteiger partial charge in [-0.2, -0.15) is 0 Å². The molecule has 0 radical (unpaired) electrons. The van der Waals surface area contributed by atoms with Crippen molar-refractivity contribution in [3.8, 4) is 0 Å². The number of carbonyl (C=O) groups is 1. The second-order valence-corrected chi connectivity index (χ2v) is 5.32. The van der Waals surface area contributed by atoms with Crippen molar-refractivity contribution in [3.63, 3.8) is 0 Å². The van der Waals surface area contributed by atoms with Crippen molar-refractivity contribution in [3.05, 3.63) is 35.9 Å². The van der Waals surface area contributed by atoms with E-state index < -0.39 is 10.4 Å². The van der Waals surface area contributed by atoms with E-state index in [9.17, 15) is 4.79 Å². The molecule has 1 aromatic carbocycles. The smallest absolute Gasteiger partial charge is 0.404 e. The van der Waals surface area contributed by atoms with Crippen LogP contribution >= 0.6 is 27.5 Å². The molecule has 16 heavy (non-hydrogen) atoms. The topological polar surface area (TPSA) is 49.3 Å². The van der Waals surface area contributed by atoms with Crippen LogP contribution in [0.5, 0.6) is 0 Å².